The van der Waals surface area contributed by atoms with Crippen LogP contribution in [0.4, 0.5) is 11.6 Å². The van der Waals surface area contributed by atoms with Gasteiger partial charge in [-0.3, -0.25) is 4.57 Å². The standard InChI is InChI=1S/C23H22ClN5O6S/c24-16-3-1-15(2-4-16)11-28-19(27-20(32)29(22(28)33)12-23(34,13-30)14-31)26-17-5-7-18(8-6-17)35-21-25-9-10-36-21/h1-10,30-31,34H,11-14H2,(H,26,27,32). The highest BCUT2D eigenvalue weighted by molar-refractivity contribution is 7.11. The van der Waals surface area contributed by atoms with Crippen LogP contribution in [0.15, 0.2) is 69.7 Å². The number of ether oxygens (including phenoxy) is 1. The molecular weight excluding hydrogens is 510 g/mol. The highest BCUT2D eigenvalue weighted by atomic mass is 35.5. The molecule has 0 fully saturated rings. The summed E-state index contributed by atoms with van der Waals surface area (Å²) in [6.07, 6.45) is 1.63. The van der Waals surface area contributed by atoms with E-state index in [0.29, 0.717) is 31.8 Å². The Morgan fingerprint density at radius 3 is 2.33 bits per heavy atom. The Hall–Kier alpha value is -3.55. The van der Waals surface area contributed by atoms with Gasteiger partial charge in [-0.15, -0.1) is 0 Å². The van der Waals surface area contributed by atoms with Gasteiger partial charge < -0.3 is 25.4 Å². The van der Waals surface area contributed by atoms with Crippen LogP contribution in [0.2, 0.25) is 5.02 Å². The van der Waals surface area contributed by atoms with E-state index in [0.717, 1.165) is 0 Å². The van der Waals surface area contributed by atoms with E-state index < -0.39 is 36.7 Å². The van der Waals surface area contributed by atoms with E-state index >= 15 is 0 Å². The molecule has 13 heteroatoms. The molecule has 0 radical (unpaired) electrons. The number of nitrogens with zero attached hydrogens (tertiary/aromatic N) is 4. The maximum atomic E-state index is 13.3. The summed E-state index contributed by atoms with van der Waals surface area (Å²) < 4.78 is 7.51. The van der Waals surface area contributed by atoms with Crippen LogP contribution >= 0.6 is 22.9 Å². The zero-order valence-corrected chi connectivity index (χ0v) is 20.3. The molecule has 2 heterocycles. The molecule has 2 aromatic heterocycles. The average Bonchev–Trinajstić information content (AvgIpc) is 3.39. The fourth-order valence-electron chi connectivity index (χ4n) is 3.22. The van der Waals surface area contributed by atoms with Gasteiger partial charge in [0.25, 0.3) is 5.19 Å². The first-order valence-electron chi connectivity index (χ1n) is 10.6. The van der Waals surface area contributed by atoms with Crippen molar-refractivity contribution < 1.29 is 20.1 Å². The third kappa shape index (κ3) is 5.98. The number of thiazole rings is 1. The van der Waals surface area contributed by atoms with Gasteiger partial charge in [-0.1, -0.05) is 35.1 Å². The molecule has 0 amide bonds. The van der Waals surface area contributed by atoms with Crippen molar-refractivity contribution in [3.05, 3.63) is 91.7 Å². The van der Waals surface area contributed by atoms with Crippen LogP contribution in [0.1, 0.15) is 5.56 Å². The Balaban J connectivity index is 1.69. The maximum Gasteiger partial charge on any atom is 0.355 e. The maximum absolute atomic E-state index is 13.3. The lowest BCUT2D eigenvalue weighted by atomic mass is 10.1. The molecule has 4 N–H and O–H groups in total. The Morgan fingerprint density at radius 1 is 1.03 bits per heavy atom. The molecule has 0 aliphatic rings. The second-order valence-electron chi connectivity index (χ2n) is 7.89. The van der Waals surface area contributed by atoms with Gasteiger partial charge in [0.2, 0.25) is 5.95 Å². The Labute approximate surface area is 213 Å². The van der Waals surface area contributed by atoms with Gasteiger partial charge in [-0.2, -0.15) is 4.98 Å². The zero-order chi connectivity index (χ0) is 25.7. The van der Waals surface area contributed by atoms with Gasteiger partial charge in [0.05, 0.1) is 26.3 Å². The first-order chi connectivity index (χ1) is 17.3. The summed E-state index contributed by atoms with van der Waals surface area (Å²) in [4.78, 5) is 34.1. The number of halogens is 1. The summed E-state index contributed by atoms with van der Waals surface area (Å²) in [5, 5.41) is 34.9. The minimum Gasteiger partial charge on any atom is -0.431 e. The summed E-state index contributed by atoms with van der Waals surface area (Å²) in [5.41, 5.74) is -2.61. The highest BCUT2D eigenvalue weighted by Gasteiger charge is 2.28. The monoisotopic (exact) mass is 531 g/mol. The highest BCUT2D eigenvalue weighted by Crippen LogP contribution is 2.25. The molecule has 0 aliphatic carbocycles. The number of hydrogen-bond donors (Lipinski definition) is 4. The lowest BCUT2D eigenvalue weighted by Crippen LogP contribution is -2.51. The van der Waals surface area contributed by atoms with Crippen LogP contribution in [0, 0.1) is 0 Å². The first-order valence-corrected chi connectivity index (χ1v) is 11.9. The largest absolute Gasteiger partial charge is 0.431 e. The van der Waals surface area contributed by atoms with Crippen molar-refractivity contribution in [2.24, 2.45) is 0 Å². The smallest absolute Gasteiger partial charge is 0.355 e. The number of benzene rings is 2. The Morgan fingerprint density at radius 2 is 1.72 bits per heavy atom. The van der Waals surface area contributed by atoms with Crippen LogP contribution in [0.25, 0.3) is 0 Å². The zero-order valence-electron chi connectivity index (χ0n) is 18.7. The van der Waals surface area contributed by atoms with Crippen LogP contribution in [-0.4, -0.2) is 53.2 Å². The predicted octanol–water partition coefficient (Wildman–Crippen LogP) is 1.81. The normalized spacial score (nSPS) is 11.4. The van der Waals surface area contributed by atoms with Gasteiger partial charge in [0.1, 0.15) is 11.4 Å². The van der Waals surface area contributed by atoms with E-state index in [9.17, 15) is 24.9 Å². The minimum atomic E-state index is -2.08. The van der Waals surface area contributed by atoms with Gasteiger partial charge in [0.15, 0.2) is 0 Å². The van der Waals surface area contributed by atoms with E-state index in [1.807, 2.05) is 0 Å². The third-order valence-corrected chi connectivity index (χ3v) is 6.07. The fourth-order valence-corrected chi connectivity index (χ4v) is 3.85. The summed E-state index contributed by atoms with van der Waals surface area (Å²) in [6.45, 7) is -2.34. The molecule has 188 valence electrons. The third-order valence-electron chi connectivity index (χ3n) is 5.17. The molecule has 0 aliphatic heterocycles. The Kier molecular flexibility index (Phi) is 7.82. The van der Waals surface area contributed by atoms with Crippen molar-refractivity contribution in [2.75, 3.05) is 18.5 Å². The molecule has 0 saturated carbocycles. The lowest BCUT2D eigenvalue weighted by molar-refractivity contribution is -0.0675. The second-order valence-corrected chi connectivity index (χ2v) is 9.18. The number of hydrogen-bond acceptors (Lipinski definition) is 10. The average molecular weight is 532 g/mol. The number of aliphatic hydroxyl groups is 3. The molecule has 0 bridgehead atoms. The molecule has 0 atom stereocenters. The predicted molar refractivity (Wildman–Crippen MR) is 134 cm³/mol. The van der Waals surface area contributed by atoms with Gasteiger partial charge in [-0.25, -0.2) is 19.1 Å². The topological polar surface area (TPSA) is 152 Å². The van der Waals surface area contributed by atoms with E-state index in [1.54, 1.807) is 60.1 Å². The van der Waals surface area contributed by atoms with Crippen LogP contribution in [0.5, 0.6) is 10.9 Å². The number of rotatable bonds is 10. The van der Waals surface area contributed by atoms with Crippen molar-refractivity contribution in [2.45, 2.75) is 18.7 Å². The molecule has 4 aromatic rings. The number of nitrogens with one attached hydrogen (secondary N) is 1. The van der Waals surface area contributed by atoms with Crippen LogP contribution in [-0.2, 0) is 13.1 Å². The van der Waals surface area contributed by atoms with Crippen molar-refractivity contribution >= 4 is 34.6 Å². The molecule has 0 saturated heterocycles. The van der Waals surface area contributed by atoms with Gasteiger partial charge in [0, 0.05) is 22.3 Å². The molecule has 0 unspecified atom stereocenters. The van der Waals surface area contributed by atoms with E-state index in [-0.39, 0.29) is 12.5 Å². The summed E-state index contributed by atoms with van der Waals surface area (Å²) in [7, 11) is 0. The van der Waals surface area contributed by atoms with Crippen LogP contribution < -0.4 is 21.4 Å². The SMILES string of the molecule is O=c1nc(Nc2ccc(Oc3nccs3)cc2)n(Cc2ccc(Cl)cc2)c(=O)n1CC(O)(CO)CO. The lowest BCUT2D eigenvalue weighted by Gasteiger charge is -2.24. The second kappa shape index (κ2) is 11.0. The molecule has 11 nitrogen and oxygen atoms in total. The molecule has 0 spiro atoms. The molecule has 4 rings (SSSR count). The fraction of sp³-hybridized carbons (Fsp3) is 0.217. The summed E-state index contributed by atoms with van der Waals surface area (Å²) in [5.74, 6) is 0.506. The number of anilines is 2. The van der Waals surface area contributed by atoms with Crippen molar-refractivity contribution in [1.82, 2.24) is 19.1 Å². The van der Waals surface area contributed by atoms with Crippen molar-refractivity contribution in [3.63, 3.8) is 0 Å². The minimum absolute atomic E-state index is 0.0214. The molecule has 36 heavy (non-hydrogen) atoms. The van der Waals surface area contributed by atoms with Crippen molar-refractivity contribution in [3.8, 4) is 10.9 Å². The van der Waals surface area contributed by atoms with Crippen LogP contribution in [0.3, 0.4) is 0 Å². The van der Waals surface area contributed by atoms with E-state index in [1.165, 1.54) is 15.9 Å². The van der Waals surface area contributed by atoms with E-state index in [2.05, 4.69) is 15.3 Å². The molecular formula is C23H22ClN5O6S. The number of aromatic nitrogens is 4. The first kappa shape index (κ1) is 25.5. The summed E-state index contributed by atoms with van der Waals surface area (Å²) >= 11 is 7.31. The molecule has 2 aromatic carbocycles. The quantitative estimate of drug-likeness (QED) is 0.240. The summed E-state index contributed by atoms with van der Waals surface area (Å²) in [6, 6.07) is 13.5. The van der Waals surface area contributed by atoms with Gasteiger partial charge in [-0.05, 0) is 42.0 Å². The van der Waals surface area contributed by atoms with Gasteiger partial charge >= 0.3 is 11.4 Å². The number of aliphatic hydroxyl groups excluding tert-OH is 2. The van der Waals surface area contributed by atoms with Crippen molar-refractivity contribution in [1.29, 1.82) is 0 Å². The van der Waals surface area contributed by atoms with E-state index in [4.69, 9.17) is 16.3 Å². The Bertz CT molecular complexity index is 1420.